The number of aliphatic hydroxyl groups excluding tert-OH is 1. The maximum absolute atomic E-state index is 12.5. The van der Waals surface area contributed by atoms with Gasteiger partial charge in [0.25, 0.3) is 0 Å². The zero-order valence-electron chi connectivity index (χ0n) is 23.4. The smallest absolute Gasteiger partial charge is 0.243 e. The van der Waals surface area contributed by atoms with E-state index in [1.54, 1.807) is 13.0 Å². The van der Waals surface area contributed by atoms with Crippen molar-refractivity contribution in [1.82, 2.24) is 15.5 Å². The van der Waals surface area contributed by atoms with E-state index >= 15 is 0 Å². The molecule has 210 valence electrons. The predicted molar refractivity (Wildman–Crippen MR) is 142 cm³/mol. The van der Waals surface area contributed by atoms with Crippen LogP contribution >= 0.6 is 0 Å². The van der Waals surface area contributed by atoms with Gasteiger partial charge in [-0.2, -0.15) is 4.98 Å². The van der Waals surface area contributed by atoms with Crippen molar-refractivity contribution in [2.24, 2.45) is 5.92 Å². The molecule has 1 aromatic heterocycles. The van der Waals surface area contributed by atoms with Gasteiger partial charge in [0.15, 0.2) is 5.82 Å². The first kappa shape index (κ1) is 28.7. The molecule has 2 N–H and O–H groups in total. The fourth-order valence-electron chi connectivity index (χ4n) is 5.30. The monoisotopic (exact) mass is 529 g/mol. The largest absolute Gasteiger partial charge is 0.387 e. The van der Waals surface area contributed by atoms with Gasteiger partial charge in [0, 0.05) is 19.3 Å². The number of hydrogen-bond acceptors (Lipinski definition) is 8. The molecule has 38 heavy (non-hydrogen) atoms. The van der Waals surface area contributed by atoms with Crippen LogP contribution in [0.1, 0.15) is 77.9 Å². The van der Waals surface area contributed by atoms with Gasteiger partial charge < -0.3 is 29.2 Å². The van der Waals surface area contributed by atoms with E-state index in [9.17, 15) is 9.90 Å². The Morgan fingerprint density at radius 3 is 2.71 bits per heavy atom. The molecule has 0 aliphatic carbocycles. The molecular weight excluding hydrogens is 486 g/mol. The fraction of sp³-hybridized carbons (Fsp3) is 0.690. The lowest BCUT2D eigenvalue weighted by molar-refractivity contribution is -0.133. The van der Waals surface area contributed by atoms with E-state index < -0.39 is 11.7 Å². The van der Waals surface area contributed by atoms with Crippen molar-refractivity contribution in [1.29, 1.82) is 0 Å². The van der Waals surface area contributed by atoms with Crippen LogP contribution in [0.2, 0.25) is 0 Å². The summed E-state index contributed by atoms with van der Waals surface area (Å²) >= 11 is 0. The average Bonchev–Trinajstić information content (AvgIpc) is 3.53. The number of carbonyl (C=O) groups excluding carboxylic acids is 1. The molecule has 0 radical (unpaired) electrons. The quantitative estimate of drug-likeness (QED) is 0.281. The molecule has 3 aliphatic rings. The van der Waals surface area contributed by atoms with Crippen molar-refractivity contribution in [2.75, 3.05) is 6.61 Å². The lowest BCUT2D eigenvalue weighted by Gasteiger charge is -2.39. The van der Waals surface area contributed by atoms with E-state index in [1.165, 1.54) is 6.08 Å². The maximum Gasteiger partial charge on any atom is 0.243 e. The molecule has 1 unspecified atom stereocenters. The SMILES string of the molecule is CC[C@@H]1C[C@@]2(CO2)[C@H](O)[C@@H](/C=C/C(C)=C/C[C@@H]2O[C@H](C)[C@H](NC(=O)/C=C\C(C)c3noc(C)n3)C[C@@H]2C)O1. The number of aryl methyl sites for hydroxylation is 1. The Kier molecular flexibility index (Phi) is 9.23. The standard InChI is InChI=1S/C29H43N3O6/c1-7-22-15-29(16-35-29)27(34)25(37-22)12-9-17(2)8-11-24-19(4)14-23(20(5)36-24)31-26(33)13-10-18(3)28-30-21(6)38-32-28/h8-10,12-13,18-20,22-25,27,34H,7,11,14-16H2,1-6H3,(H,31,33)/b12-9+,13-10-,17-8+/t18?,19-,20+,22+,23+,24-,25+,27+,29+/m0/s1. The molecule has 1 aromatic rings. The first-order valence-electron chi connectivity index (χ1n) is 13.9. The van der Waals surface area contributed by atoms with Crippen molar-refractivity contribution < 1.29 is 28.6 Å². The first-order valence-corrected chi connectivity index (χ1v) is 13.9. The Morgan fingerprint density at radius 1 is 1.29 bits per heavy atom. The summed E-state index contributed by atoms with van der Waals surface area (Å²) in [5.41, 5.74) is 0.681. The minimum absolute atomic E-state index is 0.0560. The number of hydrogen-bond donors (Lipinski definition) is 2. The molecule has 3 saturated heterocycles. The second-order valence-electron chi connectivity index (χ2n) is 11.2. The van der Waals surface area contributed by atoms with Gasteiger partial charge in [-0.1, -0.05) is 55.8 Å². The van der Waals surface area contributed by atoms with Crippen LogP contribution in [-0.2, 0) is 19.0 Å². The lowest BCUT2D eigenvalue weighted by Crippen LogP contribution is -2.50. The van der Waals surface area contributed by atoms with Gasteiger partial charge in [0.1, 0.15) is 17.8 Å². The lowest BCUT2D eigenvalue weighted by atomic mass is 9.87. The third-order valence-electron chi connectivity index (χ3n) is 8.00. The summed E-state index contributed by atoms with van der Waals surface area (Å²) in [6.07, 6.45) is 11.8. The summed E-state index contributed by atoms with van der Waals surface area (Å²) in [7, 11) is 0. The summed E-state index contributed by atoms with van der Waals surface area (Å²) in [4.78, 5) is 16.7. The van der Waals surface area contributed by atoms with Gasteiger partial charge in [-0.05, 0) is 45.1 Å². The number of epoxide rings is 1. The Hall–Kier alpha value is -2.33. The molecule has 0 aromatic carbocycles. The van der Waals surface area contributed by atoms with E-state index in [1.807, 2.05) is 26.0 Å². The molecule has 4 heterocycles. The van der Waals surface area contributed by atoms with Crippen LogP contribution in [0.5, 0.6) is 0 Å². The fourth-order valence-corrected chi connectivity index (χ4v) is 5.30. The van der Waals surface area contributed by atoms with E-state index in [-0.39, 0.29) is 48.2 Å². The van der Waals surface area contributed by atoms with Crippen LogP contribution in [0, 0.1) is 12.8 Å². The van der Waals surface area contributed by atoms with E-state index in [2.05, 4.69) is 42.3 Å². The number of nitrogens with one attached hydrogen (secondary N) is 1. The Morgan fingerprint density at radius 2 is 2.05 bits per heavy atom. The van der Waals surface area contributed by atoms with Gasteiger partial charge in [0.2, 0.25) is 11.8 Å². The number of allylic oxidation sites excluding steroid dienone is 3. The van der Waals surface area contributed by atoms with E-state index in [4.69, 9.17) is 18.7 Å². The number of aliphatic hydroxyl groups is 1. The van der Waals surface area contributed by atoms with Gasteiger partial charge >= 0.3 is 0 Å². The van der Waals surface area contributed by atoms with Crippen molar-refractivity contribution in [3.63, 3.8) is 0 Å². The molecule has 9 nitrogen and oxygen atoms in total. The molecule has 1 spiro atoms. The highest BCUT2D eigenvalue weighted by Gasteiger charge is 2.57. The Balaban J connectivity index is 1.25. The van der Waals surface area contributed by atoms with E-state index in [0.717, 1.165) is 31.3 Å². The molecule has 1 amide bonds. The summed E-state index contributed by atoms with van der Waals surface area (Å²) < 4.78 is 23.0. The van der Waals surface area contributed by atoms with E-state index in [0.29, 0.717) is 18.3 Å². The van der Waals surface area contributed by atoms with Gasteiger partial charge in [-0.15, -0.1) is 0 Å². The molecular formula is C29H43N3O6. The van der Waals surface area contributed by atoms with Gasteiger partial charge in [0.05, 0.1) is 31.0 Å². The van der Waals surface area contributed by atoms with Crippen LogP contribution in [-0.4, -0.2) is 69.9 Å². The maximum atomic E-state index is 12.5. The predicted octanol–water partition coefficient (Wildman–Crippen LogP) is 3.93. The minimum Gasteiger partial charge on any atom is -0.387 e. The second kappa shape index (κ2) is 12.2. The van der Waals surface area contributed by atoms with Gasteiger partial charge in [-0.3, -0.25) is 4.79 Å². The van der Waals surface area contributed by atoms with Crippen LogP contribution in [0.3, 0.4) is 0 Å². The minimum atomic E-state index is -0.634. The third kappa shape index (κ3) is 7.00. The molecule has 3 aliphatic heterocycles. The van der Waals surface area contributed by atoms with Crippen LogP contribution < -0.4 is 5.32 Å². The van der Waals surface area contributed by atoms with Crippen LogP contribution in [0.15, 0.2) is 40.5 Å². The average molecular weight is 530 g/mol. The summed E-state index contributed by atoms with van der Waals surface area (Å²) in [6, 6.07) is -0.0560. The highest BCUT2D eigenvalue weighted by Crippen LogP contribution is 2.43. The molecule has 0 bridgehead atoms. The molecule has 0 saturated carbocycles. The summed E-state index contributed by atoms with van der Waals surface area (Å²) in [5, 5.41) is 17.7. The number of amides is 1. The highest BCUT2D eigenvalue weighted by atomic mass is 16.6. The number of ether oxygens (including phenoxy) is 3. The Bertz CT molecular complexity index is 1040. The summed E-state index contributed by atoms with van der Waals surface area (Å²) in [5.74, 6) is 1.08. The first-order chi connectivity index (χ1) is 18.1. The van der Waals surface area contributed by atoms with Crippen LogP contribution in [0.25, 0.3) is 0 Å². The van der Waals surface area contributed by atoms with Crippen molar-refractivity contribution >= 4 is 5.91 Å². The summed E-state index contributed by atoms with van der Waals surface area (Å²) in [6.45, 7) is 12.6. The zero-order chi connectivity index (χ0) is 27.4. The number of aromatic nitrogens is 2. The highest BCUT2D eigenvalue weighted by molar-refractivity contribution is 5.87. The third-order valence-corrected chi connectivity index (χ3v) is 8.00. The molecule has 9 heteroatoms. The van der Waals surface area contributed by atoms with Crippen LogP contribution in [0.4, 0.5) is 0 Å². The number of rotatable bonds is 9. The molecule has 9 atom stereocenters. The normalized spacial score (nSPS) is 36.7. The van der Waals surface area contributed by atoms with Crippen molar-refractivity contribution in [3.8, 4) is 0 Å². The van der Waals surface area contributed by atoms with Gasteiger partial charge in [-0.25, -0.2) is 0 Å². The topological polar surface area (TPSA) is 119 Å². The number of carbonyl (C=O) groups is 1. The van der Waals surface area contributed by atoms with Crippen molar-refractivity contribution in [2.45, 2.75) is 115 Å². The molecule has 3 fully saturated rings. The molecule has 4 rings (SSSR count). The second-order valence-corrected chi connectivity index (χ2v) is 11.2. The zero-order valence-corrected chi connectivity index (χ0v) is 23.4. The van der Waals surface area contributed by atoms with Crippen molar-refractivity contribution in [3.05, 3.63) is 47.7 Å². The Labute approximate surface area is 225 Å². The number of nitrogens with zero attached hydrogens (tertiary/aromatic N) is 2.